The largest absolute Gasteiger partial charge is 0.481 e. The van der Waals surface area contributed by atoms with E-state index in [-0.39, 0.29) is 30.6 Å². The van der Waals surface area contributed by atoms with Gasteiger partial charge in [-0.3, -0.25) is 19.2 Å². The highest BCUT2D eigenvalue weighted by Crippen LogP contribution is 2.19. The van der Waals surface area contributed by atoms with Crippen LogP contribution in [0.1, 0.15) is 52.5 Å². The molecule has 2 aromatic rings. The third kappa shape index (κ3) is 9.25. The second-order valence-corrected chi connectivity index (χ2v) is 9.97. The number of carboxylic acid groups (broad SMARTS) is 2. The first-order valence-corrected chi connectivity index (χ1v) is 12.3. The van der Waals surface area contributed by atoms with Gasteiger partial charge in [-0.15, -0.1) is 0 Å². The van der Waals surface area contributed by atoms with E-state index >= 15 is 0 Å². The maximum atomic E-state index is 13.3. The van der Waals surface area contributed by atoms with Gasteiger partial charge in [-0.05, 0) is 29.9 Å². The third-order valence-corrected chi connectivity index (χ3v) is 5.68. The number of H-pyrrole nitrogens is 1. The molecule has 0 spiro atoms. The Morgan fingerprint density at radius 1 is 0.811 bits per heavy atom. The number of carbonyl (C=O) groups is 5. The molecule has 3 atom stereocenters. The molecule has 37 heavy (non-hydrogen) atoms. The second kappa shape index (κ2) is 13.4. The Morgan fingerprint density at radius 2 is 1.43 bits per heavy atom. The van der Waals surface area contributed by atoms with Gasteiger partial charge >= 0.3 is 11.9 Å². The van der Waals surface area contributed by atoms with Crippen LogP contribution in [0.3, 0.4) is 0 Å². The fraction of sp³-hybridized carbons (Fsp3) is 0.500. The molecule has 0 aliphatic carbocycles. The first-order valence-electron chi connectivity index (χ1n) is 12.3. The molecule has 6 N–H and O–H groups in total. The zero-order valence-corrected chi connectivity index (χ0v) is 21.5. The van der Waals surface area contributed by atoms with E-state index in [0.29, 0.717) is 12.0 Å². The van der Waals surface area contributed by atoms with E-state index in [1.807, 2.05) is 52.0 Å². The van der Waals surface area contributed by atoms with Crippen LogP contribution in [0.25, 0.3) is 10.9 Å². The van der Waals surface area contributed by atoms with Crippen molar-refractivity contribution in [3.8, 4) is 0 Å². The number of para-hydroxylation sites is 1. The number of rotatable bonds is 14. The lowest BCUT2D eigenvalue weighted by Crippen LogP contribution is -2.56. The van der Waals surface area contributed by atoms with Crippen molar-refractivity contribution in [2.45, 2.75) is 71.5 Å². The Hall–Kier alpha value is -3.89. The van der Waals surface area contributed by atoms with Crippen molar-refractivity contribution in [2.24, 2.45) is 11.8 Å². The second-order valence-electron chi connectivity index (χ2n) is 9.97. The number of aromatic nitrogens is 1. The van der Waals surface area contributed by atoms with Crippen LogP contribution in [0.4, 0.5) is 0 Å². The predicted molar refractivity (Wildman–Crippen MR) is 137 cm³/mol. The van der Waals surface area contributed by atoms with Crippen LogP contribution in [-0.2, 0) is 30.4 Å². The summed E-state index contributed by atoms with van der Waals surface area (Å²) in [5.41, 5.74) is 1.52. The van der Waals surface area contributed by atoms with E-state index in [1.165, 1.54) is 0 Å². The highest BCUT2D eigenvalue weighted by atomic mass is 16.4. The molecule has 2 rings (SSSR count). The molecule has 0 aliphatic rings. The van der Waals surface area contributed by atoms with Gasteiger partial charge in [-0.2, -0.15) is 0 Å². The molecule has 1 heterocycles. The van der Waals surface area contributed by atoms with E-state index in [2.05, 4.69) is 20.9 Å². The summed E-state index contributed by atoms with van der Waals surface area (Å²) in [5.74, 6) is -4.48. The average Bonchev–Trinajstić information content (AvgIpc) is 3.19. The maximum Gasteiger partial charge on any atom is 0.326 e. The number of amides is 3. The van der Waals surface area contributed by atoms with E-state index < -0.39 is 48.3 Å². The maximum absolute atomic E-state index is 13.3. The first-order chi connectivity index (χ1) is 17.4. The minimum Gasteiger partial charge on any atom is -0.481 e. The molecule has 0 radical (unpaired) electrons. The van der Waals surface area contributed by atoms with Gasteiger partial charge in [0.25, 0.3) is 0 Å². The Balaban J connectivity index is 2.32. The van der Waals surface area contributed by atoms with Crippen molar-refractivity contribution in [1.82, 2.24) is 20.9 Å². The summed E-state index contributed by atoms with van der Waals surface area (Å²) in [4.78, 5) is 64.6. The lowest BCUT2D eigenvalue weighted by atomic mass is 10.00. The average molecular weight is 517 g/mol. The molecule has 0 saturated carbocycles. The summed E-state index contributed by atoms with van der Waals surface area (Å²) >= 11 is 0. The van der Waals surface area contributed by atoms with Crippen LogP contribution >= 0.6 is 0 Å². The van der Waals surface area contributed by atoms with Crippen LogP contribution < -0.4 is 16.0 Å². The number of aliphatic carboxylic acids is 2. The molecule has 0 bridgehead atoms. The fourth-order valence-corrected chi connectivity index (χ4v) is 3.98. The smallest absolute Gasteiger partial charge is 0.326 e. The number of hydrogen-bond donors (Lipinski definition) is 6. The number of nitrogens with one attached hydrogen (secondary N) is 4. The number of carboxylic acids is 2. The van der Waals surface area contributed by atoms with Gasteiger partial charge in [-0.25, -0.2) is 4.79 Å². The van der Waals surface area contributed by atoms with Gasteiger partial charge in [0.05, 0.1) is 6.42 Å². The summed E-state index contributed by atoms with van der Waals surface area (Å²) in [5, 5.41) is 26.8. The molecule has 3 unspecified atom stereocenters. The minimum atomic E-state index is -1.68. The van der Waals surface area contributed by atoms with E-state index in [9.17, 15) is 29.1 Å². The van der Waals surface area contributed by atoms with Gasteiger partial charge in [0.1, 0.15) is 18.1 Å². The molecule has 0 fully saturated rings. The van der Waals surface area contributed by atoms with Crippen molar-refractivity contribution < 1.29 is 34.2 Å². The van der Waals surface area contributed by atoms with Crippen molar-refractivity contribution >= 4 is 40.6 Å². The fourth-order valence-electron chi connectivity index (χ4n) is 3.98. The monoisotopic (exact) mass is 516 g/mol. The highest BCUT2D eigenvalue weighted by molar-refractivity contribution is 5.95. The lowest BCUT2D eigenvalue weighted by molar-refractivity contribution is -0.147. The molecule has 202 valence electrons. The third-order valence-electron chi connectivity index (χ3n) is 5.68. The summed E-state index contributed by atoms with van der Waals surface area (Å²) < 4.78 is 0. The van der Waals surface area contributed by atoms with Gasteiger partial charge < -0.3 is 31.1 Å². The van der Waals surface area contributed by atoms with Gasteiger partial charge in [0.2, 0.25) is 17.7 Å². The number of aromatic amines is 1. The summed E-state index contributed by atoms with van der Waals surface area (Å²) in [7, 11) is 0. The summed E-state index contributed by atoms with van der Waals surface area (Å²) in [6.45, 7) is 7.56. The predicted octanol–water partition coefficient (Wildman–Crippen LogP) is 1.82. The quantitative estimate of drug-likeness (QED) is 0.222. The zero-order chi connectivity index (χ0) is 27.7. The van der Waals surface area contributed by atoms with Crippen molar-refractivity contribution in [1.29, 1.82) is 0 Å². The number of carbonyl (C=O) groups excluding carboxylic acids is 3. The number of benzene rings is 1. The molecule has 0 saturated heterocycles. The SMILES string of the molecule is CC(C)CC(=O)NC(CC(C)C)C(=O)NC(Cc1c[nH]c2ccccc12)C(=O)NC(CC(=O)O)C(=O)O. The van der Waals surface area contributed by atoms with Crippen LogP contribution in [0.5, 0.6) is 0 Å². The molecular weight excluding hydrogens is 480 g/mol. The Morgan fingerprint density at radius 3 is 2.03 bits per heavy atom. The van der Waals surface area contributed by atoms with E-state index in [0.717, 1.165) is 10.9 Å². The first kappa shape index (κ1) is 29.3. The van der Waals surface area contributed by atoms with Gasteiger partial charge in [0, 0.05) is 29.9 Å². The zero-order valence-electron chi connectivity index (χ0n) is 21.5. The van der Waals surface area contributed by atoms with Crippen molar-refractivity contribution in [2.75, 3.05) is 0 Å². The van der Waals surface area contributed by atoms with E-state index in [4.69, 9.17) is 5.11 Å². The molecule has 1 aromatic heterocycles. The standard InChI is InChI=1S/C26H36N4O7/c1-14(2)9-19(28-22(31)10-15(3)4)24(34)29-20(25(35)30-21(26(36)37)12-23(32)33)11-16-13-27-18-8-6-5-7-17(16)18/h5-8,13-15,19-21,27H,9-12H2,1-4H3,(H,28,31)(H,29,34)(H,30,35)(H,32,33)(H,36,37). The minimum absolute atomic E-state index is 0.00926. The molecule has 0 aliphatic heterocycles. The van der Waals surface area contributed by atoms with Crippen molar-refractivity contribution in [3.05, 3.63) is 36.0 Å². The number of fused-ring (bicyclic) bond motifs is 1. The Kier molecular flexibility index (Phi) is 10.6. The Bertz CT molecular complexity index is 1130. The van der Waals surface area contributed by atoms with E-state index in [1.54, 1.807) is 6.20 Å². The van der Waals surface area contributed by atoms with Gasteiger partial charge in [0.15, 0.2) is 0 Å². The van der Waals surface area contributed by atoms with Crippen LogP contribution in [0.15, 0.2) is 30.5 Å². The highest BCUT2D eigenvalue weighted by Gasteiger charge is 2.31. The van der Waals surface area contributed by atoms with Crippen LogP contribution in [0, 0.1) is 11.8 Å². The van der Waals surface area contributed by atoms with Crippen molar-refractivity contribution in [3.63, 3.8) is 0 Å². The van der Waals surface area contributed by atoms with Crippen LogP contribution in [0.2, 0.25) is 0 Å². The molecule has 3 amide bonds. The van der Waals surface area contributed by atoms with Gasteiger partial charge in [-0.1, -0.05) is 45.9 Å². The Labute approximate surface area is 215 Å². The lowest BCUT2D eigenvalue weighted by Gasteiger charge is -2.25. The summed E-state index contributed by atoms with van der Waals surface area (Å²) in [6.07, 6.45) is 1.44. The normalized spacial score (nSPS) is 13.7. The van der Waals surface area contributed by atoms with Crippen LogP contribution in [-0.4, -0.2) is 63.0 Å². The molecular formula is C26H36N4O7. The number of hydrogen-bond acceptors (Lipinski definition) is 5. The molecule has 11 heteroatoms. The topological polar surface area (TPSA) is 178 Å². The molecule has 11 nitrogen and oxygen atoms in total. The molecule has 1 aromatic carbocycles. The summed E-state index contributed by atoms with van der Waals surface area (Å²) in [6, 6.07) is 3.55.